The Labute approximate surface area is 123 Å². The number of benzene rings is 1. The van der Waals surface area contributed by atoms with Gasteiger partial charge in [0.15, 0.2) is 5.82 Å². The summed E-state index contributed by atoms with van der Waals surface area (Å²) < 4.78 is 2.06. The molecular weight excluding hydrogens is 264 g/mol. The van der Waals surface area contributed by atoms with Crippen LogP contribution < -0.4 is 0 Å². The van der Waals surface area contributed by atoms with E-state index in [9.17, 15) is 4.79 Å². The fraction of sp³-hybridized carbons (Fsp3) is 0.438. The number of amides is 1. The molecule has 5 heteroatoms. The number of hydrogen-bond donors (Lipinski definition) is 0. The molecule has 2 atom stereocenters. The van der Waals surface area contributed by atoms with E-state index in [-0.39, 0.29) is 18.0 Å². The van der Waals surface area contributed by atoms with Crippen molar-refractivity contribution < 1.29 is 4.79 Å². The molecule has 0 spiro atoms. The highest BCUT2D eigenvalue weighted by Crippen LogP contribution is 2.38. The van der Waals surface area contributed by atoms with Crippen molar-refractivity contribution >= 4 is 5.91 Å². The van der Waals surface area contributed by atoms with Crippen LogP contribution in [0.2, 0.25) is 0 Å². The molecule has 1 aromatic heterocycles. The molecule has 0 aliphatic carbocycles. The van der Waals surface area contributed by atoms with Gasteiger partial charge in [-0.3, -0.25) is 4.79 Å². The molecule has 0 N–H and O–H groups in total. The lowest BCUT2D eigenvalue weighted by Crippen LogP contribution is -2.42. The smallest absolute Gasteiger partial charge is 0.246 e. The molecule has 21 heavy (non-hydrogen) atoms. The van der Waals surface area contributed by atoms with Crippen LogP contribution in [0.4, 0.5) is 0 Å². The first-order chi connectivity index (χ1) is 10.3. The summed E-state index contributed by atoms with van der Waals surface area (Å²) in [5.41, 5.74) is 1.20. The number of aromatic nitrogens is 3. The zero-order valence-electron chi connectivity index (χ0n) is 12.1. The van der Waals surface area contributed by atoms with Gasteiger partial charge in [0.1, 0.15) is 11.9 Å². The summed E-state index contributed by atoms with van der Waals surface area (Å²) in [6, 6.07) is 10.2. The Balaban J connectivity index is 1.74. The largest absolute Gasteiger partial charge is 0.331 e. The molecule has 5 nitrogen and oxygen atoms in total. The van der Waals surface area contributed by atoms with Gasteiger partial charge in [-0.05, 0) is 25.3 Å². The predicted molar refractivity (Wildman–Crippen MR) is 77.7 cm³/mol. The Bertz CT molecular complexity index is 679. The topological polar surface area (TPSA) is 51.0 Å². The van der Waals surface area contributed by atoms with Gasteiger partial charge in [0.2, 0.25) is 5.91 Å². The molecule has 0 bridgehead atoms. The molecule has 2 aliphatic heterocycles. The summed E-state index contributed by atoms with van der Waals surface area (Å²) in [4.78, 5) is 14.5. The minimum atomic E-state index is -0.192. The quantitative estimate of drug-likeness (QED) is 0.847. The van der Waals surface area contributed by atoms with E-state index in [1.807, 2.05) is 30.0 Å². The summed E-state index contributed by atoms with van der Waals surface area (Å²) in [5, 5.41) is 8.77. The fourth-order valence-corrected chi connectivity index (χ4v) is 3.53. The fourth-order valence-electron chi connectivity index (χ4n) is 3.53. The summed E-state index contributed by atoms with van der Waals surface area (Å²) in [5.74, 6) is 2.06. The molecular formula is C16H18N4O. The Morgan fingerprint density at radius 3 is 2.86 bits per heavy atom. The Morgan fingerprint density at radius 1 is 1.24 bits per heavy atom. The van der Waals surface area contributed by atoms with Crippen molar-refractivity contribution in [2.75, 3.05) is 6.54 Å². The third-order valence-corrected chi connectivity index (χ3v) is 4.58. The predicted octanol–water partition coefficient (Wildman–Crippen LogP) is 2.11. The zero-order chi connectivity index (χ0) is 14.4. The standard InChI is InChI=1S/C16H18N4O/c1-11-16(21)19-9-5-8-13(19)15-18-17-14(20(11)15)10-12-6-3-2-4-7-12/h2-4,6-7,11,13H,5,8-10H2,1H3/t11-,13-/m0/s1. The molecule has 4 rings (SSSR count). The maximum atomic E-state index is 12.5. The lowest BCUT2D eigenvalue weighted by atomic mass is 10.1. The van der Waals surface area contributed by atoms with Crippen molar-refractivity contribution in [1.29, 1.82) is 0 Å². The highest BCUT2D eigenvalue weighted by atomic mass is 16.2. The van der Waals surface area contributed by atoms with Gasteiger partial charge in [0.05, 0.1) is 6.04 Å². The van der Waals surface area contributed by atoms with E-state index in [1.165, 1.54) is 5.56 Å². The van der Waals surface area contributed by atoms with Crippen LogP contribution in [0.1, 0.15) is 49.1 Å². The van der Waals surface area contributed by atoms with E-state index in [1.54, 1.807) is 0 Å². The first kappa shape index (κ1) is 12.6. The first-order valence-corrected chi connectivity index (χ1v) is 7.54. The van der Waals surface area contributed by atoms with Crippen molar-refractivity contribution in [3.8, 4) is 0 Å². The lowest BCUT2D eigenvalue weighted by Gasteiger charge is -2.34. The SMILES string of the molecule is C[C@H]1C(=O)N2CCC[C@H]2c2nnc(Cc3ccccc3)n21. The Hall–Kier alpha value is -2.17. The number of nitrogens with zero attached hydrogens (tertiary/aromatic N) is 4. The van der Waals surface area contributed by atoms with Crippen LogP contribution in [0, 0.1) is 0 Å². The molecule has 0 radical (unpaired) electrons. The molecule has 0 unspecified atom stereocenters. The average Bonchev–Trinajstić information content (AvgIpc) is 3.12. The third kappa shape index (κ3) is 1.87. The summed E-state index contributed by atoms with van der Waals surface area (Å²) >= 11 is 0. The van der Waals surface area contributed by atoms with Crippen LogP contribution in [0.3, 0.4) is 0 Å². The van der Waals surface area contributed by atoms with Gasteiger partial charge >= 0.3 is 0 Å². The van der Waals surface area contributed by atoms with Crippen molar-refractivity contribution in [3.63, 3.8) is 0 Å². The summed E-state index contributed by atoms with van der Waals surface area (Å²) in [7, 11) is 0. The van der Waals surface area contributed by atoms with Crippen molar-refractivity contribution in [3.05, 3.63) is 47.5 Å². The minimum absolute atomic E-state index is 0.130. The van der Waals surface area contributed by atoms with Crippen LogP contribution in [-0.4, -0.2) is 32.1 Å². The number of rotatable bonds is 2. The number of fused-ring (bicyclic) bond motifs is 3. The first-order valence-electron chi connectivity index (χ1n) is 7.54. The normalized spacial score (nSPS) is 24.0. The number of carbonyl (C=O) groups is 1. The van der Waals surface area contributed by atoms with E-state index in [4.69, 9.17) is 0 Å². The maximum absolute atomic E-state index is 12.5. The molecule has 1 saturated heterocycles. The van der Waals surface area contributed by atoms with Crippen LogP contribution in [0.5, 0.6) is 0 Å². The second kappa shape index (κ2) is 4.69. The van der Waals surface area contributed by atoms with Crippen LogP contribution in [0.25, 0.3) is 0 Å². The van der Waals surface area contributed by atoms with Crippen molar-refractivity contribution in [1.82, 2.24) is 19.7 Å². The molecule has 3 heterocycles. The molecule has 1 fully saturated rings. The summed E-state index contributed by atoms with van der Waals surface area (Å²) in [6.45, 7) is 2.81. The van der Waals surface area contributed by atoms with Gasteiger partial charge in [0.25, 0.3) is 0 Å². The molecule has 2 aromatic rings. The van der Waals surface area contributed by atoms with Gasteiger partial charge in [-0.15, -0.1) is 10.2 Å². The highest BCUT2D eigenvalue weighted by molar-refractivity contribution is 5.82. The van der Waals surface area contributed by atoms with E-state index >= 15 is 0 Å². The molecule has 0 saturated carbocycles. The lowest BCUT2D eigenvalue weighted by molar-refractivity contribution is -0.137. The van der Waals surface area contributed by atoms with Crippen LogP contribution >= 0.6 is 0 Å². The van der Waals surface area contributed by atoms with Gasteiger partial charge in [-0.2, -0.15) is 0 Å². The third-order valence-electron chi connectivity index (χ3n) is 4.58. The van der Waals surface area contributed by atoms with E-state index in [0.717, 1.165) is 37.5 Å². The number of hydrogen-bond acceptors (Lipinski definition) is 3. The van der Waals surface area contributed by atoms with Gasteiger partial charge in [0, 0.05) is 13.0 Å². The molecule has 1 amide bonds. The summed E-state index contributed by atoms with van der Waals surface area (Å²) in [6.07, 6.45) is 2.78. The van der Waals surface area contributed by atoms with Gasteiger partial charge in [-0.1, -0.05) is 30.3 Å². The molecule has 1 aromatic carbocycles. The second-order valence-electron chi connectivity index (χ2n) is 5.87. The monoisotopic (exact) mass is 282 g/mol. The molecule has 2 aliphatic rings. The maximum Gasteiger partial charge on any atom is 0.246 e. The highest BCUT2D eigenvalue weighted by Gasteiger charge is 2.42. The molecule has 108 valence electrons. The second-order valence-corrected chi connectivity index (χ2v) is 5.87. The van der Waals surface area contributed by atoms with E-state index in [2.05, 4.69) is 26.9 Å². The average molecular weight is 282 g/mol. The zero-order valence-corrected chi connectivity index (χ0v) is 12.1. The van der Waals surface area contributed by atoms with E-state index in [0.29, 0.717) is 0 Å². The minimum Gasteiger partial charge on any atom is -0.331 e. The van der Waals surface area contributed by atoms with Gasteiger partial charge < -0.3 is 9.47 Å². The van der Waals surface area contributed by atoms with Crippen LogP contribution in [0.15, 0.2) is 30.3 Å². The van der Waals surface area contributed by atoms with Crippen molar-refractivity contribution in [2.45, 2.75) is 38.3 Å². The van der Waals surface area contributed by atoms with Gasteiger partial charge in [-0.25, -0.2) is 0 Å². The number of carbonyl (C=O) groups excluding carboxylic acids is 1. The van der Waals surface area contributed by atoms with Crippen LogP contribution in [-0.2, 0) is 11.2 Å². The van der Waals surface area contributed by atoms with E-state index < -0.39 is 0 Å². The Morgan fingerprint density at radius 2 is 2.05 bits per heavy atom. The Kier molecular flexibility index (Phi) is 2.80. The van der Waals surface area contributed by atoms with Crippen molar-refractivity contribution in [2.24, 2.45) is 0 Å².